The van der Waals surface area contributed by atoms with Gasteiger partial charge in [-0.15, -0.1) is 0 Å². The number of pyridine rings is 1. The van der Waals surface area contributed by atoms with Gasteiger partial charge >= 0.3 is 5.97 Å². The molecule has 1 heterocycles. The molecule has 0 atom stereocenters. The molecular weight excluding hydrogens is 290 g/mol. The molecule has 2 aromatic carbocycles. The summed E-state index contributed by atoms with van der Waals surface area (Å²) in [5, 5.41) is 11.1. The molecule has 0 amide bonds. The Labute approximate surface area is 133 Å². The van der Waals surface area contributed by atoms with E-state index >= 15 is 0 Å². The van der Waals surface area contributed by atoms with E-state index in [9.17, 15) is 9.59 Å². The van der Waals surface area contributed by atoms with Crippen molar-refractivity contribution in [3.63, 3.8) is 0 Å². The van der Waals surface area contributed by atoms with Crippen molar-refractivity contribution in [1.82, 2.24) is 4.57 Å². The van der Waals surface area contributed by atoms with Gasteiger partial charge in [-0.3, -0.25) is 9.59 Å². The molecule has 1 aromatic heterocycles. The number of aryl methyl sites for hydroxylation is 1. The molecule has 0 radical (unpaired) electrons. The summed E-state index contributed by atoms with van der Waals surface area (Å²) in [6.45, 7) is 0.477. The highest BCUT2D eigenvalue weighted by Gasteiger charge is 2.06. The third kappa shape index (κ3) is 3.48. The largest absolute Gasteiger partial charge is 0.481 e. The summed E-state index contributed by atoms with van der Waals surface area (Å²) in [5.74, 6) is -0.894. The minimum atomic E-state index is -0.894. The van der Waals surface area contributed by atoms with Gasteiger partial charge in [-0.25, -0.2) is 0 Å². The highest BCUT2D eigenvalue weighted by atomic mass is 16.4. The summed E-state index contributed by atoms with van der Waals surface area (Å²) in [4.78, 5) is 23.1. The Hall–Kier alpha value is -2.88. The first-order chi connectivity index (χ1) is 11.1. The Balaban J connectivity index is 1.88. The lowest BCUT2D eigenvalue weighted by atomic mass is 10.1. The highest BCUT2D eigenvalue weighted by Crippen LogP contribution is 2.16. The van der Waals surface area contributed by atoms with Crippen LogP contribution in [0.4, 0.5) is 0 Å². The van der Waals surface area contributed by atoms with E-state index in [0.717, 1.165) is 10.9 Å². The Morgan fingerprint density at radius 2 is 1.78 bits per heavy atom. The maximum absolute atomic E-state index is 12.4. The maximum Gasteiger partial charge on any atom is 0.303 e. The predicted octanol–water partition coefficient (Wildman–Crippen LogP) is 3.07. The summed E-state index contributed by atoms with van der Waals surface area (Å²) < 4.78 is 1.63. The molecular formula is C19H17NO3. The summed E-state index contributed by atoms with van der Waals surface area (Å²) in [6, 6.07) is 17.7. The van der Waals surface area contributed by atoms with E-state index in [1.165, 1.54) is 5.39 Å². The van der Waals surface area contributed by atoms with Gasteiger partial charge in [0.1, 0.15) is 0 Å². The number of hydrogen-bond donors (Lipinski definition) is 1. The molecule has 1 N–H and O–H groups in total. The van der Waals surface area contributed by atoms with Crippen LogP contribution in [-0.2, 0) is 17.8 Å². The van der Waals surface area contributed by atoms with Gasteiger partial charge in [-0.1, -0.05) is 42.5 Å². The zero-order chi connectivity index (χ0) is 16.2. The second-order valence-electron chi connectivity index (χ2n) is 5.54. The fraction of sp³-hybridized carbons (Fsp3) is 0.158. The fourth-order valence-electron chi connectivity index (χ4n) is 2.68. The van der Waals surface area contributed by atoms with E-state index in [0.29, 0.717) is 12.1 Å². The molecule has 0 spiro atoms. The molecule has 23 heavy (non-hydrogen) atoms. The second kappa shape index (κ2) is 6.48. The van der Waals surface area contributed by atoms with Crippen molar-refractivity contribution in [2.75, 3.05) is 0 Å². The first kappa shape index (κ1) is 15.0. The van der Waals surface area contributed by atoms with Gasteiger partial charge in [0.05, 0.1) is 6.54 Å². The minimum Gasteiger partial charge on any atom is -0.481 e. The van der Waals surface area contributed by atoms with Crippen LogP contribution in [0.5, 0.6) is 0 Å². The Morgan fingerprint density at radius 1 is 1.00 bits per heavy atom. The molecule has 3 rings (SSSR count). The Morgan fingerprint density at radius 3 is 2.57 bits per heavy atom. The number of carboxylic acid groups (broad SMARTS) is 1. The number of aromatic nitrogens is 1. The maximum atomic E-state index is 12.4. The first-order valence-corrected chi connectivity index (χ1v) is 7.51. The van der Waals surface area contributed by atoms with Crippen LogP contribution < -0.4 is 5.56 Å². The Kier molecular flexibility index (Phi) is 4.24. The molecule has 0 saturated carbocycles. The number of aliphatic carboxylic acids is 1. The Bertz CT molecular complexity index is 912. The van der Waals surface area contributed by atoms with Gasteiger partial charge in [0.25, 0.3) is 5.56 Å². The van der Waals surface area contributed by atoms with Crippen molar-refractivity contribution in [1.29, 1.82) is 0 Å². The van der Waals surface area contributed by atoms with E-state index in [-0.39, 0.29) is 18.4 Å². The number of hydrogen-bond acceptors (Lipinski definition) is 2. The lowest BCUT2D eigenvalue weighted by Crippen LogP contribution is -2.23. The zero-order valence-corrected chi connectivity index (χ0v) is 12.6. The number of rotatable bonds is 5. The van der Waals surface area contributed by atoms with Gasteiger partial charge in [-0.05, 0) is 34.9 Å². The molecule has 0 saturated heterocycles. The number of carboxylic acids is 1. The van der Waals surface area contributed by atoms with Crippen LogP contribution in [0.25, 0.3) is 10.8 Å². The van der Waals surface area contributed by atoms with Crippen LogP contribution in [0.2, 0.25) is 0 Å². The molecule has 4 heteroatoms. The second-order valence-corrected chi connectivity index (χ2v) is 5.54. The molecule has 0 aliphatic carbocycles. The third-order valence-corrected chi connectivity index (χ3v) is 3.87. The first-order valence-electron chi connectivity index (χ1n) is 7.51. The van der Waals surface area contributed by atoms with Crippen LogP contribution in [0.3, 0.4) is 0 Å². The van der Waals surface area contributed by atoms with Crippen LogP contribution in [0.15, 0.2) is 65.6 Å². The van der Waals surface area contributed by atoms with E-state index in [2.05, 4.69) is 12.1 Å². The van der Waals surface area contributed by atoms with E-state index < -0.39 is 5.97 Å². The average Bonchev–Trinajstić information content (AvgIpc) is 2.55. The number of fused-ring (bicyclic) bond motifs is 1. The summed E-state index contributed by atoms with van der Waals surface area (Å²) >= 11 is 0. The number of nitrogens with zero attached hydrogens (tertiary/aromatic N) is 1. The molecule has 0 aliphatic heterocycles. The predicted molar refractivity (Wildman–Crippen MR) is 89.7 cm³/mol. The van der Waals surface area contributed by atoms with Gasteiger partial charge in [0, 0.05) is 18.2 Å². The standard InChI is InChI=1S/C19H17NO3/c21-18(22)10-9-16-6-3-11-20(19(16)23)13-14-7-8-15-4-1-2-5-17(15)12-14/h1-8,11-12H,9-10,13H2,(H,21,22). The topological polar surface area (TPSA) is 59.3 Å². The van der Waals surface area contributed by atoms with E-state index in [1.54, 1.807) is 22.9 Å². The van der Waals surface area contributed by atoms with Crippen LogP contribution in [0.1, 0.15) is 17.5 Å². The molecule has 3 aromatic rings. The van der Waals surface area contributed by atoms with Crippen LogP contribution in [0, 0.1) is 0 Å². The summed E-state index contributed by atoms with van der Waals surface area (Å²) in [7, 11) is 0. The molecule has 0 fully saturated rings. The molecule has 0 unspecified atom stereocenters. The lowest BCUT2D eigenvalue weighted by Gasteiger charge is -2.09. The van der Waals surface area contributed by atoms with Crippen molar-refractivity contribution in [3.8, 4) is 0 Å². The molecule has 0 bridgehead atoms. The summed E-state index contributed by atoms with van der Waals surface area (Å²) in [6.07, 6.45) is 1.96. The van der Waals surface area contributed by atoms with Crippen LogP contribution >= 0.6 is 0 Å². The quantitative estimate of drug-likeness (QED) is 0.788. The smallest absolute Gasteiger partial charge is 0.303 e. The van der Waals surface area contributed by atoms with Crippen molar-refractivity contribution in [2.45, 2.75) is 19.4 Å². The summed E-state index contributed by atoms with van der Waals surface area (Å²) in [5.41, 5.74) is 1.46. The minimum absolute atomic E-state index is 0.0325. The van der Waals surface area contributed by atoms with Crippen LogP contribution in [-0.4, -0.2) is 15.6 Å². The van der Waals surface area contributed by atoms with E-state index in [1.807, 2.05) is 30.3 Å². The van der Waals surface area contributed by atoms with E-state index in [4.69, 9.17) is 5.11 Å². The zero-order valence-electron chi connectivity index (χ0n) is 12.6. The number of carbonyl (C=O) groups is 1. The monoisotopic (exact) mass is 307 g/mol. The SMILES string of the molecule is O=C(O)CCc1cccn(Cc2ccc3ccccc3c2)c1=O. The lowest BCUT2D eigenvalue weighted by molar-refractivity contribution is -0.136. The van der Waals surface area contributed by atoms with Crippen molar-refractivity contribution < 1.29 is 9.90 Å². The van der Waals surface area contributed by atoms with Gasteiger partial charge in [-0.2, -0.15) is 0 Å². The third-order valence-electron chi connectivity index (χ3n) is 3.87. The van der Waals surface area contributed by atoms with Gasteiger partial charge in [0.2, 0.25) is 0 Å². The molecule has 4 nitrogen and oxygen atoms in total. The molecule has 116 valence electrons. The van der Waals surface area contributed by atoms with Crippen molar-refractivity contribution >= 4 is 16.7 Å². The number of benzene rings is 2. The molecule has 0 aliphatic rings. The average molecular weight is 307 g/mol. The van der Waals surface area contributed by atoms with Crippen molar-refractivity contribution in [3.05, 3.63) is 82.3 Å². The van der Waals surface area contributed by atoms with Crippen molar-refractivity contribution in [2.24, 2.45) is 0 Å². The highest BCUT2D eigenvalue weighted by molar-refractivity contribution is 5.82. The van der Waals surface area contributed by atoms with Gasteiger partial charge in [0.15, 0.2) is 0 Å². The fourth-order valence-corrected chi connectivity index (χ4v) is 2.68. The normalized spacial score (nSPS) is 10.8. The van der Waals surface area contributed by atoms with Gasteiger partial charge < -0.3 is 9.67 Å².